The highest BCUT2D eigenvalue weighted by molar-refractivity contribution is 5.94. The van der Waals surface area contributed by atoms with E-state index < -0.39 is 12.1 Å². The lowest BCUT2D eigenvalue weighted by Crippen LogP contribution is -2.35. The number of anilines is 1. The number of nitrogens with two attached hydrogens (primary N) is 1. The van der Waals surface area contributed by atoms with Crippen molar-refractivity contribution in [2.75, 3.05) is 11.9 Å². The fourth-order valence-corrected chi connectivity index (χ4v) is 2.34. The van der Waals surface area contributed by atoms with E-state index >= 15 is 0 Å². The lowest BCUT2D eigenvalue weighted by Gasteiger charge is -2.12. The molecule has 0 aliphatic rings. The Kier molecular flexibility index (Phi) is 8.15. The van der Waals surface area contributed by atoms with Crippen LogP contribution in [0.2, 0.25) is 0 Å². The molecule has 0 aliphatic carbocycles. The highest BCUT2D eigenvalue weighted by atomic mass is 16.5. The zero-order chi connectivity index (χ0) is 18.6. The number of benzene rings is 2. The molecular formula is C20H25N3O3. The van der Waals surface area contributed by atoms with Crippen LogP contribution < -0.4 is 16.4 Å². The summed E-state index contributed by atoms with van der Waals surface area (Å²) in [6.45, 7) is 0.734. The van der Waals surface area contributed by atoms with E-state index in [-0.39, 0.29) is 12.5 Å². The minimum atomic E-state index is -0.569. The maximum Gasteiger partial charge on any atom is 0.407 e. The van der Waals surface area contributed by atoms with Gasteiger partial charge in [-0.3, -0.25) is 4.79 Å². The third-order valence-electron chi connectivity index (χ3n) is 3.80. The molecule has 0 bridgehead atoms. The summed E-state index contributed by atoms with van der Waals surface area (Å²) < 4.78 is 5.12. The topological polar surface area (TPSA) is 93.4 Å². The largest absolute Gasteiger partial charge is 0.445 e. The Morgan fingerprint density at radius 1 is 0.962 bits per heavy atom. The molecule has 2 amide bonds. The lowest BCUT2D eigenvalue weighted by atomic mass is 10.1. The Morgan fingerprint density at radius 2 is 1.62 bits per heavy atom. The maximum atomic E-state index is 12.0. The van der Waals surface area contributed by atoms with Gasteiger partial charge in [-0.1, -0.05) is 48.5 Å². The second-order valence-corrected chi connectivity index (χ2v) is 5.95. The lowest BCUT2D eigenvalue weighted by molar-refractivity contribution is -0.117. The average Bonchev–Trinajstić information content (AvgIpc) is 2.67. The highest BCUT2D eigenvalue weighted by Gasteiger charge is 2.13. The van der Waals surface area contributed by atoms with E-state index in [1.165, 1.54) is 0 Å². The summed E-state index contributed by atoms with van der Waals surface area (Å²) >= 11 is 0. The number of hydrogen-bond donors (Lipinski definition) is 3. The predicted molar refractivity (Wildman–Crippen MR) is 102 cm³/mol. The Balaban J connectivity index is 1.54. The second kappa shape index (κ2) is 10.9. The molecule has 0 fully saturated rings. The third kappa shape index (κ3) is 7.36. The van der Waals surface area contributed by atoms with Gasteiger partial charge in [-0.2, -0.15) is 0 Å². The van der Waals surface area contributed by atoms with Gasteiger partial charge in [-0.15, -0.1) is 0 Å². The van der Waals surface area contributed by atoms with Crippen molar-refractivity contribution in [2.45, 2.75) is 31.9 Å². The molecule has 0 saturated heterocycles. The molecule has 138 valence electrons. The van der Waals surface area contributed by atoms with Crippen molar-refractivity contribution in [1.29, 1.82) is 0 Å². The summed E-state index contributed by atoms with van der Waals surface area (Å²) in [5.74, 6) is -0.202. The molecule has 0 radical (unpaired) electrons. The molecule has 2 aromatic carbocycles. The van der Waals surface area contributed by atoms with Gasteiger partial charge in [-0.25, -0.2) is 4.79 Å². The Morgan fingerprint density at radius 3 is 2.31 bits per heavy atom. The normalized spacial score (nSPS) is 11.4. The van der Waals surface area contributed by atoms with Crippen LogP contribution in [0, 0.1) is 0 Å². The molecule has 0 saturated carbocycles. The van der Waals surface area contributed by atoms with Crippen LogP contribution in [-0.2, 0) is 16.1 Å². The van der Waals surface area contributed by atoms with E-state index in [2.05, 4.69) is 10.6 Å². The van der Waals surface area contributed by atoms with Gasteiger partial charge >= 0.3 is 6.09 Å². The number of para-hydroxylation sites is 1. The smallest absolute Gasteiger partial charge is 0.407 e. The standard InChI is InChI=1S/C20H25N3O3/c21-18(19(24)23-17-11-5-2-6-12-17)13-7-8-14-22-20(25)26-15-16-9-3-1-4-10-16/h1-6,9-12,18H,7-8,13-15,21H2,(H,22,25)(H,23,24). The van der Waals surface area contributed by atoms with Crippen LogP contribution in [-0.4, -0.2) is 24.6 Å². The first-order valence-electron chi connectivity index (χ1n) is 8.71. The van der Waals surface area contributed by atoms with E-state index in [1.54, 1.807) is 0 Å². The van der Waals surface area contributed by atoms with Gasteiger partial charge in [-0.05, 0) is 37.0 Å². The molecule has 2 rings (SSSR count). The van der Waals surface area contributed by atoms with Gasteiger partial charge in [0.25, 0.3) is 0 Å². The highest BCUT2D eigenvalue weighted by Crippen LogP contribution is 2.07. The second-order valence-electron chi connectivity index (χ2n) is 5.95. The summed E-state index contributed by atoms with van der Waals surface area (Å²) in [6.07, 6.45) is 1.58. The summed E-state index contributed by atoms with van der Waals surface area (Å²) in [7, 11) is 0. The molecule has 1 unspecified atom stereocenters. The van der Waals surface area contributed by atoms with Crippen LogP contribution in [0.4, 0.5) is 10.5 Å². The minimum absolute atomic E-state index is 0.202. The Labute approximate surface area is 153 Å². The van der Waals surface area contributed by atoms with Gasteiger partial charge in [0.15, 0.2) is 0 Å². The minimum Gasteiger partial charge on any atom is -0.445 e. The number of carbonyl (C=O) groups excluding carboxylic acids is 2. The number of ether oxygens (including phenoxy) is 1. The van der Waals surface area contributed by atoms with Gasteiger partial charge in [0, 0.05) is 12.2 Å². The van der Waals surface area contributed by atoms with Crippen LogP contribution in [0.15, 0.2) is 60.7 Å². The summed E-state index contributed by atoms with van der Waals surface area (Å²) in [5.41, 5.74) is 7.57. The number of nitrogens with one attached hydrogen (secondary N) is 2. The van der Waals surface area contributed by atoms with Crippen molar-refractivity contribution in [3.05, 3.63) is 66.2 Å². The molecule has 6 heteroatoms. The van der Waals surface area contributed by atoms with Crippen LogP contribution in [0.3, 0.4) is 0 Å². The van der Waals surface area contributed by atoms with Crippen LogP contribution in [0.25, 0.3) is 0 Å². The van der Waals surface area contributed by atoms with Crippen LogP contribution >= 0.6 is 0 Å². The van der Waals surface area contributed by atoms with Gasteiger partial charge in [0.2, 0.25) is 5.91 Å². The summed E-state index contributed by atoms with van der Waals surface area (Å²) in [5, 5.41) is 5.47. The summed E-state index contributed by atoms with van der Waals surface area (Å²) in [4.78, 5) is 23.6. The van der Waals surface area contributed by atoms with Crippen molar-refractivity contribution in [3.8, 4) is 0 Å². The number of amides is 2. The van der Waals surface area contributed by atoms with Crippen molar-refractivity contribution >= 4 is 17.7 Å². The number of rotatable bonds is 9. The first-order valence-corrected chi connectivity index (χ1v) is 8.71. The molecule has 0 heterocycles. The quantitative estimate of drug-likeness (QED) is 0.603. The Bertz CT molecular complexity index is 677. The fourth-order valence-electron chi connectivity index (χ4n) is 2.34. The van der Waals surface area contributed by atoms with E-state index in [4.69, 9.17) is 10.5 Å². The molecule has 26 heavy (non-hydrogen) atoms. The van der Waals surface area contributed by atoms with Crippen molar-refractivity contribution in [1.82, 2.24) is 5.32 Å². The molecule has 6 nitrogen and oxygen atoms in total. The summed E-state index contributed by atoms with van der Waals surface area (Å²) in [6, 6.07) is 18.1. The SMILES string of the molecule is NC(CCCCNC(=O)OCc1ccccc1)C(=O)Nc1ccccc1. The monoisotopic (exact) mass is 355 g/mol. The predicted octanol–water partition coefficient (Wildman–Crippen LogP) is 3.05. The first-order chi connectivity index (χ1) is 12.6. The average molecular weight is 355 g/mol. The first kappa shape index (κ1) is 19.5. The van der Waals surface area contributed by atoms with Crippen LogP contribution in [0.5, 0.6) is 0 Å². The van der Waals surface area contributed by atoms with E-state index in [1.807, 2.05) is 60.7 Å². The van der Waals surface area contributed by atoms with Crippen molar-refractivity contribution < 1.29 is 14.3 Å². The molecular weight excluding hydrogens is 330 g/mol. The number of carbonyl (C=O) groups is 2. The van der Waals surface area contributed by atoms with Crippen molar-refractivity contribution in [3.63, 3.8) is 0 Å². The zero-order valence-electron chi connectivity index (χ0n) is 14.7. The molecule has 0 aromatic heterocycles. The molecule has 1 atom stereocenters. The number of unbranched alkanes of at least 4 members (excludes halogenated alkanes) is 1. The third-order valence-corrected chi connectivity index (χ3v) is 3.80. The van der Waals surface area contributed by atoms with Crippen LogP contribution in [0.1, 0.15) is 24.8 Å². The van der Waals surface area contributed by atoms with Gasteiger partial charge in [0.1, 0.15) is 6.61 Å². The molecule has 2 aromatic rings. The van der Waals surface area contributed by atoms with Gasteiger partial charge in [0.05, 0.1) is 6.04 Å². The number of hydrogen-bond acceptors (Lipinski definition) is 4. The fraction of sp³-hybridized carbons (Fsp3) is 0.300. The number of alkyl carbamates (subject to hydrolysis) is 1. The molecule has 0 aliphatic heterocycles. The van der Waals surface area contributed by atoms with E-state index in [0.717, 1.165) is 24.1 Å². The van der Waals surface area contributed by atoms with Gasteiger partial charge < -0.3 is 21.1 Å². The van der Waals surface area contributed by atoms with E-state index in [0.29, 0.717) is 13.0 Å². The molecule has 4 N–H and O–H groups in total. The van der Waals surface area contributed by atoms with E-state index in [9.17, 15) is 9.59 Å². The zero-order valence-corrected chi connectivity index (χ0v) is 14.7. The van der Waals surface area contributed by atoms with Crippen molar-refractivity contribution in [2.24, 2.45) is 5.73 Å². The Hall–Kier alpha value is -2.86. The maximum absolute atomic E-state index is 12.0. The molecule has 0 spiro atoms.